The number of amides is 3. The highest BCUT2D eigenvalue weighted by Gasteiger charge is 2.56. The van der Waals surface area contributed by atoms with E-state index in [0.717, 1.165) is 31.2 Å². The number of rotatable bonds is 17. The van der Waals surface area contributed by atoms with Crippen LogP contribution in [0.25, 0.3) is 0 Å². The van der Waals surface area contributed by atoms with E-state index in [1.165, 1.54) is 0 Å². The molecule has 1 aliphatic heterocycles. The van der Waals surface area contributed by atoms with Crippen LogP contribution in [0, 0.1) is 23.2 Å². The first-order valence-electron chi connectivity index (χ1n) is 16.4. The van der Waals surface area contributed by atoms with Crippen LogP contribution in [-0.4, -0.2) is 96.7 Å². The number of likely N-dealkylation sites (tertiary alicyclic amines) is 1. The zero-order valence-corrected chi connectivity index (χ0v) is 28.5. The molecule has 3 amide bonds. The number of nitrogens with one attached hydrogen (secondary N) is 1. The molecule has 1 aromatic rings. The van der Waals surface area contributed by atoms with Crippen molar-refractivity contribution in [3.05, 3.63) is 35.9 Å². The average Bonchev–Trinajstić information content (AvgIpc) is 3.66. The molecule has 3 rings (SSSR count). The smallest absolute Gasteiger partial charge is 0.326 e. The summed E-state index contributed by atoms with van der Waals surface area (Å²) in [6.45, 7) is 10.5. The van der Waals surface area contributed by atoms with E-state index in [2.05, 4.69) is 19.2 Å². The largest absolute Gasteiger partial charge is 0.480 e. The van der Waals surface area contributed by atoms with E-state index in [1.54, 1.807) is 33.1 Å². The van der Waals surface area contributed by atoms with Gasteiger partial charge < -0.3 is 29.7 Å². The molecule has 0 radical (unpaired) electrons. The second-order valence-electron chi connectivity index (χ2n) is 13.8. The molecule has 1 aromatic carbocycles. The van der Waals surface area contributed by atoms with Crippen molar-refractivity contribution < 1.29 is 33.8 Å². The third-order valence-electron chi connectivity index (χ3n) is 9.99. The summed E-state index contributed by atoms with van der Waals surface area (Å²) in [7, 11) is 4.94. The molecule has 1 spiro atoms. The van der Waals surface area contributed by atoms with Crippen molar-refractivity contribution in [1.29, 1.82) is 0 Å². The molecule has 5 unspecified atom stereocenters. The molecule has 45 heavy (non-hydrogen) atoms. The van der Waals surface area contributed by atoms with E-state index in [-0.39, 0.29) is 54.0 Å². The number of aliphatic carboxylic acids is 1. The van der Waals surface area contributed by atoms with Gasteiger partial charge in [-0.05, 0) is 42.1 Å². The zero-order valence-electron chi connectivity index (χ0n) is 28.5. The summed E-state index contributed by atoms with van der Waals surface area (Å²) in [4.78, 5) is 56.4. The topological polar surface area (TPSA) is 125 Å². The molecule has 1 aliphatic carbocycles. The molecule has 1 heterocycles. The van der Waals surface area contributed by atoms with Gasteiger partial charge in [0, 0.05) is 40.7 Å². The van der Waals surface area contributed by atoms with E-state index in [1.807, 2.05) is 49.1 Å². The summed E-state index contributed by atoms with van der Waals surface area (Å²) in [6, 6.07) is 7.48. The van der Waals surface area contributed by atoms with Crippen molar-refractivity contribution in [3.8, 4) is 0 Å². The number of hydrogen-bond acceptors (Lipinski definition) is 6. The minimum atomic E-state index is -1.11. The van der Waals surface area contributed by atoms with Crippen molar-refractivity contribution in [2.75, 3.05) is 27.8 Å². The quantitative estimate of drug-likeness (QED) is 0.265. The Bertz CT molecular complexity index is 1160. The highest BCUT2D eigenvalue weighted by Crippen LogP contribution is 2.56. The lowest BCUT2D eigenvalue weighted by molar-refractivity contribution is -0.147. The number of methoxy groups -OCH3 is 2. The third kappa shape index (κ3) is 9.28. The van der Waals surface area contributed by atoms with Crippen LogP contribution in [-0.2, 0) is 35.1 Å². The molecule has 1 saturated carbocycles. The Morgan fingerprint density at radius 2 is 1.69 bits per heavy atom. The number of hydrogen-bond donors (Lipinski definition) is 2. The van der Waals surface area contributed by atoms with Crippen molar-refractivity contribution in [2.45, 2.75) is 110 Å². The van der Waals surface area contributed by atoms with E-state index < -0.39 is 36.0 Å². The van der Waals surface area contributed by atoms with Gasteiger partial charge in [0.05, 0.1) is 36.6 Å². The molecular weight excluding hydrogens is 574 g/mol. The van der Waals surface area contributed by atoms with E-state index in [4.69, 9.17) is 9.47 Å². The van der Waals surface area contributed by atoms with Gasteiger partial charge in [0.25, 0.3) is 0 Å². The maximum Gasteiger partial charge on any atom is 0.326 e. The summed E-state index contributed by atoms with van der Waals surface area (Å²) in [6.07, 6.45) is 3.14. The Balaban J connectivity index is 1.78. The lowest BCUT2D eigenvalue weighted by Gasteiger charge is -2.39. The van der Waals surface area contributed by atoms with Gasteiger partial charge in [-0.2, -0.15) is 0 Å². The lowest BCUT2D eigenvalue weighted by atomic mass is 9.89. The number of ether oxygens (including phenoxy) is 2. The molecule has 10 nitrogen and oxygen atoms in total. The molecule has 0 aromatic heterocycles. The van der Waals surface area contributed by atoms with Gasteiger partial charge in [-0.25, -0.2) is 4.79 Å². The zero-order chi connectivity index (χ0) is 33.5. The first-order valence-corrected chi connectivity index (χ1v) is 16.4. The summed E-state index contributed by atoms with van der Waals surface area (Å²) in [5, 5.41) is 12.6. The van der Waals surface area contributed by atoms with Crippen LogP contribution in [0.3, 0.4) is 0 Å². The van der Waals surface area contributed by atoms with Crippen molar-refractivity contribution in [1.82, 2.24) is 15.1 Å². The van der Waals surface area contributed by atoms with Crippen molar-refractivity contribution in [2.24, 2.45) is 23.2 Å². The Morgan fingerprint density at radius 1 is 1.04 bits per heavy atom. The number of carbonyl (C=O) groups is 4. The van der Waals surface area contributed by atoms with Gasteiger partial charge in [-0.1, -0.05) is 71.4 Å². The van der Waals surface area contributed by atoms with Crippen LogP contribution in [0.4, 0.5) is 0 Å². The van der Waals surface area contributed by atoms with Crippen LogP contribution < -0.4 is 5.32 Å². The van der Waals surface area contributed by atoms with E-state index in [0.29, 0.717) is 13.0 Å². The van der Waals surface area contributed by atoms with Gasteiger partial charge in [-0.15, -0.1) is 0 Å². The molecule has 0 bridgehead atoms. The molecule has 252 valence electrons. The molecule has 2 fully saturated rings. The summed E-state index contributed by atoms with van der Waals surface area (Å²) >= 11 is 0. The second kappa shape index (κ2) is 16.0. The monoisotopic (exact) mass is 629 g/mol. The van der Waals surface area contributed by atoms with Crippen molar-refractivity contribution in [3.63, 3.8) is 0 Å². The summed E-state index contributed by atoms with van der Waals surface area (Å²) in [5.41, 5.74) is 0.830. The fourth-order valence-corrected chi connectivity index (χ4v) is 6.93. The van der Waals surface area contributed by atoms with Gasteiger partial charge >= 0.3 is 5.97 Å². The number of nitrogens with zero attached hydrogens (tertiary/aromatic N) is 2. The highest BCUT2D eigenvalue weighted by molar-refractivity contribution is 5.85. The first kappa shape index (κ1) is 36.5. The number of carbonyl (C=O) groups excluding carboxylic acids is 3. The average molecular weight is 630 g/mol. The van der Waals surface area contributed by atoms with Crippen LogP contribution in [0.1, 0.15) is 78.7 Å². The molecule has 7 atom stereocenters. The number of benzene rings is 1. The Hall–Kier alpha value is -2.98. The number of carboxylic acid groups (broad SMARTS) is 1. The number of likely N-dealkylation sites (N-methyl/N-ethyl adjacent to an activating group) is 1. The maximum atomic E-state index is 14.1. The van der Waals surface area contributed by atoms with Gasteiger partial charge in [-0.3, -0.25) is 14.4 Å². The SMILES string of the molecule is CCC(C)[C@@H](C(CC(=O)N1CC2(CC2)C[C@H]1C(OC)C(C)C(=O)NC(Cc1ccccc1)C(=O)O)OC)N(C)C(=O)CC(C)C. The molecule has 1 saturated heterocycles. The molecular formula is C35H55N3O7. The van der Waals surface area contributed by atoms with Crippen LogP contribution in [0.5, 0.6) is 0 Å². The Labute approximate surface area is 269 Å². The normalized spacial score (nSPS) is 21.1. The fourth-order valence-electron chi connectivity index (χ4n) is 6.93. The predicted octanol–water partition coefficient (Wildman–Crippen LogP) is 4.16. The van der Waals surface area contributed by atoms with Gasteiger partial charge in [0.1, 0.15) is 6.04 Å². The van der Waals surface area contributed by atoms with Crippen LogP contribution in [0.2, 0.25) is 0 Å². The summed E-state index contributed by atoms with van der Waals surface area (Å²) in [5.74, 6) is -1.96. The van der Waals surface area contributed by atoms with Gasteiger partial charge in [0.2, 0.25) is 17.7 Å². The molecule has 10 heteroatoms. The van der Waals surface area contributed by atoms with Crippen LogP contribution in [0.15, 0.2) is 30.3 Å². The van der Waals surface area contributed by atoms with Crippen LogP contribution >= 0.6 is 0 Å². The Morgan fingerprint density at radius 3 is 2.20 bits per heavy atom. The summed E-state index contributed by atoms with van der Waals surface area (Å²) < 4.78 is 11.9. The second-order valence-corrected chi connectivity index (χ2v) is 13.8. The molecule has 2 N–H and O–H groups in total. The van der Waals surface area contributed by atoms with E-state index in [9.17, 15) is 24.3 Å². The predicted molar refractivity (Wildman–Crippen MR) is 172 cm³/mol. The molecule has 2 aliphatic rings. The van der Waals surface area contributed by atoms with E-state index >= 15 is 0 Å². The minimum Gasteiger partial charge on any atom is -0.480 e. The Kier molecular flexibility index (Phi) is 13.0. The standard InChI is InChI=1S/C35H55N3O7/c1-9-23(4)31(37(6)29(39)17-22(2)3)28(44-7)19-30(40)38-21-35(15-16-35)20-27(38)32(45-8)24(5)33(41)36-26(34(42)43)18-25-13-11-10-12-14-25/h10-14,22-24,26-28,31-32H,9,15-21H2,1-8H3,(H,36,41)(H,42,43)/t23?,24?,26?,27-,28?,31-,32?/m0/s1. The van der Waals surface area contributed by atoms with Crippen molar-refractivity contribution >= 4 is 23.7 Å². The highest BCUT2D eigenvalue weighted by atomic mass is 16.5. The van der Waals surface area contributed by atoms with Gasteiger partial charge in [0.15, 0.2) is 0 Å². The lowest BCUT2D eigenvalue weighted by Crippen LogP contribution is -2.54. The number of carboxylic acids is 1. The maximum absolute atomic E-state index is 14.1. The first-order chi connectivity index (χ1) is 21.3. The third-order valence-corrected chi connectivity index (χ3v) is 9.99. The minimum absolute atomic E-state index is 0.0207. The fraction of sp³-hybridized carbons (Fsp3) is 0.714.